The molecule has 10 aromatic carbocycles. The first-order chi connectivity index (χ1) is 50.2. The summed E-state index contributed by atoms with van der Waals surface area (Å²) in [6.07, 6.45) is 0. The zero-order valence-electron chi connectivity index (χ0n) is 63.8. The van der Waals surface area contributed by atoms with E-state index in [0.29, 0.717) is 148 Å². The van der Waals surface area contributed by atoms with Crippen LogP contribution in [0, 0.1) is 0 Å². The van der Waals surface area contributed by atoms with Gasteiger partial charge in [0.25, 0.3) is 0 Å². The predicted octanol–water partition coefficient (Wildman–Crippen LogP) is 25.4. The van der Waals surface area contributed by atoms with Gasteiger partial charge >= 0.3 is 0 Å². The number of hydrogen-bond donors (Lipinski definition) is 2. The Hall–Kier alpha value is -11.6. The number of benzene rings is 10. The number of ether oxygens (including phenoxy) is 6. The molecule has 0 saturated carbocycles. The number of hydrogen-bond acceptors (Lipinski definition) is 12. The molecule has 0 fully saturated rings. The molecule has 8 bridgehead atoms. The Morgan fingerprint density at radius 3 is 0.575 bits per heavy atom. The molecule has 13 aromatic rings. The molecule has 5 heterocycles. The molecule has 0 unspecified atom stereocenters. The lowest BCUT2D eigenvalue weighted by molar-refractivity contribution is 0.418. The standard InChI is InChI=1S/C92H90N8O6/c1-87(2,3)53-23-35-59(36-24-53)101-73-47-67-69(49-75(73)103-61-39-27-55(28-40-61)89(7,8)9)83-96-81(67)94-79-65-21-19-20-22-66(65)80(93-79)95-82-68-48-74(102-60-37-25-54(26-38-60)88(4,5)6)76(104-62-41-29-56(30-42-62)90(10,11)12)50-70(68)84(97-82)99-86-72-52-78(106-64-45-33-58(34-46-64)92(16,17)18)77(51-71(72)85(98-83)100-86)105-63-43-31-57(32-44-63)91(13,14)15/h19-52H,1-18H3,(H2,93,94,95,96,97,98,99,100). The van der Waals surface area contributed by atoms with Gasteiger partial charge in [0.15, 0.2) is 57.8 Å². The fourth-order valence-electron chi connectivity index (χ4n) is 13.1. The number of aromatic nitrogens is 8. The van der Waals surface area contributed by atoms with Crippen LogP contribution in [-0.4, -0.2) is 39.9 Å². The van der Waals surface area contributed by atoms with Crippen LogP contribution < -0.4 is 28.4 Å². The molecule has 2 aliphatic rings. The van der Waals surface area contributed by atoms with Crippen molar-refractivity contribution in [3.8, 4) is 115 Å². The largest absolute Gasteiger partial charge is 0.453 e. The van der Waals surface area contributed by atoms with Gasteiger partial charge in [-0.2, -0.15) is 0 Å². The second-order valence-electron chi connectivity index (χ2n) is 33.9. The van der Waals surface area contributed by atoms with E-state index in [1.807, 2.05) is 133 Å². The topological polar surface area (TPSA) is 164 Å². The predicted molar refractivity (Wildman–Crippen MR) is 427 cm³/mol. The first kappa shape index (κ1) is 70.0. The number of aromatic amines is 2. The van der Waals surface area contributed by atoms with Crippen molar-refractivity contribution in [2.24, 2.45) is 0 Å². The average Bonchev–Trinajstić information content (AvgIpc) is 1.59. The van der Waals surface area contributed by atoms with Crippen molar-refractivity contribution in [3.05, 3.63) is 240 Å². The van der Waals surface area contributed by atoms with Crippen LogP contribution >= 0.6 is 0 Å². The molecule has 0 amide bonds. The second kappa shape index (κ2) is 26.2. The van der Waals surface area contributed by atoms with E-state index in [4.69, 9.17) is 58.3 Å². The van der Waals surface area contributed by atoms with Gasteiger partial charge in [-0.15, -0.1) is 0 Å². The third-order valence-electron chi connectivity index (χ3n) is 19.6. The molecule has 2 aliphatic heterocycles. The van der Waals surface area contributed by atoms with Crippen LogP contribution in [0.3, 0.4) is 0 Å². The van der Waals surface area contributed by atoms with Gasteiger partial charge in [-0.25, -0.2) is 29.9 Å². The van der Waals surface area contributed by atoms with Crippen LogP contribution in [0.2, 0.25) is 0 Å². The van der Waals surface area contributed by atoms with Crippen LogP contribution in [0.4, 0.5) is 0 Å². The molecular formula is C92H90N8O6. The van der Waals surface area contributed by atoms with Crippen molar-refractivity contribution in [2.45, 2.75) is 157 Å². The third-order valence-corrected chi connectivity index (χ3v) is 19.6. The van der Waals surface area contributed by atoms with Gasteiger partial charge in [-0.1, -0.05) is 222 Å². The zero-order valence-corrected chi connectivity index (χ0v) is 63.8. The van der Waals surface area contributed by atoms with Crippen molar-refractivity contribution in [1.29, 1.82) is 0 Å². The van der Waals surface area contributed by atoms with Crippen LogP contribution in [0.5, 0.6) is 69.0 Å². The van der Waals surface area contributed by atoms with Gasteiger partial charge < -0.3 is 38.4 Å². The monoisotopic (exact) mass is 1400 g/mol. The summed E-state index contributed by atoms with van der Waals surface area (Å²) >= 11 is 0. The van der Waals surface area contributed by atoms with Crippen molar-refractivity contribution >= 4 is 44.1 Å². The number of rotatable bonds is 12. The summed E-state index contributed by atoms with van der Waals surface area (Å²) in [5, 5.41) is 2.66. The lowest BCUT2D eigenvalue weighted by Crippen LogP contribution is -2.10. The SMILES string of the molecule is CC(C)(C)c1ccc(Oc2cc3c(cc2Oc2ccc(C(C)(C)C)cc2)-c2nc-3nc3[nH]c(nc4nc(nc5[nH]c(n2)c2cc(Oc6ccc(C(C)(C)C)cc6)c(Oc6ccc(C(C)(C)C)cc6)cc52)-c2ccccc2-4)c2cc(Oc4ccc(C(C)(C)C)cc4)c(Oc4ccc(C(C)(C)C)cc4)cc32)cc1. The molecule has 14 heteroatoms. The van der Waals surface area contributed by atoms with E-state index < -0.39 is 0 Å². The van der Waals surface area contributed by atoms with E-state index in [1.165, 1.54) is 22.3 Å². The fourth-order valence-corrected chi connectivity index (χ4v) is 13.1. The Kier molecular flexibility index (Phi) is 17.3. The molecular weight excluding hydrogens is 1310 g/mol. The molecule has 14 nitrogen and oxygen atoms in total. The maximum Gasteiger partial charge on any atom is 0.170 e. The summed E-state index contributed by atoms with van der Waals surface area (Å²) in [6, 6.07) is 68.9. The Morgan fingerprint density at radius 1 is 0.208 bits per heavy atom. The lowest BCUT2D eigenvalue weighted by atomic mass is 9.87. The molecule has 0 spiro atoms. The molecule has 106 heavy (non-hydrogen) atoms. The first-order valence-corrected chi connectivity index (χ1v) is 36.4. The second-order valence-corrected chi connectivity index (χ2v) is 33.9. The van der Waals surface area contributed by atoms with Crippen LogP contribution in [-0.2, 0) is 32.5 Å². The molecule has 0 saturated heterocycles. The van der Waals surface area contributed by atoms with Gasteiger partial charge in [0, 0.05) is 43.8 Å². The molecule has 3 aromatic heterocycles. The summed E-state index contributed by atoms with van der Waals surface area (Å²) in [6.45, 7) is 39.5. The number of nitrogens with one attached hydrogen (secondary N) is 2. The van der Waals surface area contributed by atoms with E-state index >= 15 is 0 Å². The molecule has 2 N–H and O–H groups in total. The van der Waals surface area contributed by atoms with Gasteiger partial charge in [-0.05, 0) is 175 Å². The van der Waals surface area contributed by atoms with Gasteiger partial charge in [-0.3, -0.25) is 0 Å². The smallest absolute Gasteiger partial charge is 0.170 e. The Morgan fingerprint density at radius 2 is 0.387 bits per heavy atom. The van der Waals surface area contributed by atoms with Gasteiger partial charge in [0.2, 0.25) is 0 Å². The average molecular weight is 1400 g/mol. The van der Waals surface area contributed by atoms with Crippen molar-refractivity contribution in [2.75, 3.05) is 0 Å². The maximum atomic E-state index is 7.02. The van der Waals surface area contributed by atoms with Crippen LogP contribution in [0.25, 0.3) is 89.7 Å². The van der Waals surface area contributed by atoms with E-state index in [2.05, 4.69) is 207 Å². The fraction of sp³-hybridized carbons (Fsp3) is 0.261. The Bertz CT molecular complexity index is 5370. The molecule has 0 atom stereocenters. The molecule has 0 aliphatic carbocycles. The normalized spacial score (nSPS) is 12.6. The number of fused-ring (bicyclic) bond motifs is 20. The minimum atomic E-state index is -0.0930. The van der Waals surface area contributed by atoms with Crippen LogP contribution in [0.15, 0.2) is 206 Å². The minimum absolute atomic E-state index is 0.0785. The minimum Gasteiger partial charge on any atom is -0.453 e. The highest BCUT2D eigenvalue weighted by atomic mass is 16.5. The van der Waals surface area contributed by atoms with Gasteiger partial charge in [0.1, 0.15) is 57.1 Å². The Balaban J connectivity index is 1.02. The van der Waals surface area contributed by atoms with Gasteiger partial charge in [0.05, 0.1) is 0 Å². The molecule has 0 radical (unpaired) electrons. The molecule has 534 valence electrons. The summed E-state index contributed by atoms with van der Waals surface area (Å²) in [5.41, 5.74) is 11.0. The quantitative estimate of drug-likeness (QED) is 0.119. The number of H-pyrrole nitrogens is 2. The van der Waals surface area contributed by atoms with E-state index in [1.54, 1.807) is 0 Å². The highest BCUT2D eigenvalue weighted by molar-refractivity contribution is 6.08. The highest BCUT2D eigenvalue weighted by Crippen LogP contribution is 2.49. The van der Waals surface area contributed by atoms with Crippen molar-refractivity contribution < 1.29 is 28.4 Å². The summed E-state index contributed by atoms with van der Waals surface area (Å²) in [5.74, 6) is 7.80. The number of nitrogens with zero attached hydrogens (tertiary/aromatic N) is 6. The highest BCUT2D eigenvalue weighted by Gasteiger charge is 2.29. The summed E-state index contributed by atoms with van der Waals surface area (Å²) < 4.78 is 41.9. The Labute approximate surface area is 620 Å². The van der Waals surface area contributed by atoms with E-state index in [-0.39, 0.29) is 32.5 Å². The lowest BCUT2D eigenvalue weighted by Gasteiger charge is -2.20. The van der Waals surface area contributed by atoms with E-state index in [9.17, 15) is 0 Å². The van der Waals surface area contributed by atoms with Crippen LogP contribution in [0.1, 0.15) is 158 Å². The first-order valence-electron chi connectivity index (χ1n) is 36.4. The summed E-state index contributed by atoms with van der Waals surface area (Å²) in [7, 11) is 0. The maximum absolute atomic E-state index is 7.02. The molecule has 15 rings (SSSR count). The summed E-state index contributed by atoms with van der Waals surface area (Å²) in [4.78, 5) is 40.4. The van der Waals surface area contributed by atoms with Crippen molar-refractivity contribution in [3.63, 3.8) is 0 Å². The van der Waals surface area contributed by atoms with Crippen molar-refractivity contribution in [1.82, 2.24) is 39.9 Å². The third kappa shape index (κ3) is 14.4. The van der Waals surface area contributed by atoms with E-state index in [0.717, 1.165) is 22.3 Å². The zero-order chi connectivity index (χ0) is 74.6.